The Labute approximate surface area is 104 Å². The Balaban J connectivity index is 0. The van der Waals surface area contributed by atoms with Crippen LogP contribution in [-0.4, -0.2) is 5.97 Å². The van der Waals surface area contributed by atoms with E-state index < -0.39 is 5.97 Å². The number of hydrogen-bond donors (Lipinski definition) is 0. The summed E-state index contributed by atoms with van der Waals surface area (Å²) in [6, 6.07) is 0. The zero-order valence-corrected chi connectivity index (χ0v) is 10.8. The Morgan fingerprint density at radius 1 is 0.867 bits per heavy atom. The van der Waals surface area contributed by atoms with Crippen LogP contribution in [0.1, 0.15) is 71.1 Å². The summed E-state index contributed by atoms with van der Waals surface area (Å²) in [5, 5.41) is 10.1. The van der Waals surface area contributed by atoms with Crippen LogP contribution in [0, 0.1) is 0 Å². The number of carbonyl (C=O) groups excluding carboxylic acids is 1. The number of rotatable bonds is 10. The fourth-order valence-electron chi connectivity index (χ4n) is 1.58. The summed E-state index contributed by atoms with van der Waals surface area (Å²) in [6.07, 6.45) is 11.2. The fraction of sp³-hybridized carbons (Fsp3) is 0.917. The molecule has 0 amide bonds. The first-order chi connectivity index (χ1) is 6.77. The maximum Gasteiger partial charge on any atom is 3.00 e. The minimum Gasteiger partial charge on any atom is -0.550 e. The van der Waals surface area contributed by atoms with Crippen molar-refractivity contribution in [2.45, 2.75) is 71.1 Å². The molecule has 0 saturated carbocycles. The smallest absolute Gasteiger partial charge is 0.550 e. The van der Waals surface area contributed by atoms with Gasteiger partial charge < -0.3 is 9.90 Å². The fourth-order valence-corrected chi connectivity index (χ4v) is 1.58. The molecule has 0 atom stereocenters. The first-order valence-corrected chi connectivity index (χ1v) is 5.97. The van der Waals surface area contributed by atoms with Gasteiger partial charge in [0.2, 0.25) is 0 Å². The van der Waals surface area contributed by atoms with Gasteiger partial charge in [0.1, 0.15) is 0 Å². The van der Waals surface area contributed by atoms with Crippen LogP contribution in [0.25, 0.3) is 0 Å². The van der Waals surface area contributed by atoms with Crippen LogP contribution < -0.4 is 5.11 Å². The van der Waals surface area contributed by atoms with Crippen molar-refractivity contribution >= 4 is 5.97 Å². The van der Waals surface area contributed by atoms with Crippen LogP contribution in [0.2, 0.25) is 0 Å². The molecule has 0 aliphatic rings. The molecule has 3 heteroatoms. The van der Waals surface area contributed by atoms with Gasteiger partial charge in [0.25, 0.3) is 0 Å². The van der Waals surface area contributed by atoms with Crippen molar-refractivity contribution in [1.82, 2.24) is 0 Å². The molecular weight excluding hydrogens is 232 g/mol. The Morgan fingerprint density at radius 2 is 1.27 bits per heavy atom. The third kappa shape index (κ3) is 16.7. The molecule has 0 bridgehead atoms. The molecule has 0 rings (SSSR count). The minimum absolute atomic E-state index is 0. The zero-order valence-electron chi connectivity index (χ0n) is 9.74. The van der Waals surface area contributed by atoms with Gasteiger partial charge in [0, 0.05) is 5.97 Å². The quantitative estimate of drug-likeness (QED) is 0.444. The van der Waals surface area contributed by atoms with Gasteiger partial charge in [-0.1, -0.05) is 58.3 Å². The summed E-state index contributed by atoms with van der Waals surface area (Å²) in [7, 11) is 0. The van der Waals surface area contributed by atoms with Gasteiger partial charge in [-0.15, -0.1) is 0 Å². The molecular formula is C12H23FeO2+2. The average molecular weight is 255 g/mol. The molecule has 15 heavy (non-hydrogen) atoms. The Hall–Kier alpha value is -0.0105. The molecule has 0 N–H and O–H groups in total. The Morgan fingerprint density at radius 3 is 1.67 bits per heavy atom. The van der Waals surface area contributed by atoms with Crippen molar-refractivity contribution in [2.24, 2.45) is 0 Å². The summed E-state index contributed by atoms with van der Waals surface area (Å²) < 4.78 is 0. The van der Waals surface area contributed by atoms with Crippen molar-refractivity contribution in [3.63, 3.8) is 0 Å². The second kappa shape index (κ2) is 14.0. The molecule has 0 unspecified atom stereocenters. The van der Waals surface area contributed by atoms with Crippen molar-refractivity contribution in [2.75, 3.05) is 0 Å². The molecule has 0 heterocycles. The molecule has 0 saturated heterocycles. The molecule has 0 spiro atoms. The molecule has 0 fully saturated rings. The number of aliphatic carboxylic acids is 1. The average Bonchev–Trinajstić information content (AvgIpc) is 2.15. The number of carboxylic acids is 1. The van der Waals surface area contributed by atoms with Crippen LogP contribution in [0.5, 0.6) is 0 Å². The second-order valence-corrected chi connectivity index (χ2v) is 3.95. The van der Waals surface area contributed by atoms with Crippen LogP contribution >= 0.6 is 0 Å². The first-order valence-electron chi connectivity index (χ1n) is 5.97. The summed E-state index contributed by atoms with van der Waals surface area (Å²) in [5.41, 5.74) is 0. The Kier molecular flexibility index (Phi) is 16.2. The van der Waals surface area contributed by atoms with Gasteiger partial charge in [-0.25, -0.2) is 0 Å². The van der Waals surface area contributed by atoms with E-state index in [1.165, 1.54) is 44.9 Å². The van der Waals surface area contributed by atoms with E-state index in [0.29, 0.717) is 0 Å². The summed E-state index contributed by atoms with van der Waals surface area (Å²) in [6.45, 7) is 2.22. The molecule has 0 aromatic heterocycles. The zero-order chi connectivity index (χ0) is 10.6. The van der Waals surface area contributed by atoms with E-state index in [1.807, 2.05) is 0 Å². The molecule has 1 radical (unpaired) electrons. The first kappa shape index (κ1) is 17.4. The van der Waals surface area contributed by atoms with Gasteiger partial charge in [-0.2, -0.15) is 0 Å². The van der Waals surface area contributed by atoms with E-state index in [4.69, 9.17) is 0 Å². The van der Waals surface area contributed by atoms with Crippen molar-refractivity contribution in [3.8, 4) is 0 Å². The van der Waals surface area contributed by atoms with E-state index in [2.05, 4.69) is 6.92 Å². The third-order valence-corrected chi connectivity index (χ3v) is 2.48. The molecule has 0 aliphatic heterocycles. The van der Waals surface area contributed by atoms with E-state index in [9.17, 15) is 9.90 Å². The molecule has 0 aliphatic carbocycles. The second-order valence-electron chi connectivity index (χ2n) is 3.95. The SMILES string of the molecule is CCCCCCCCCCCC(=O)[O-].[Fe+3]. The van der Waals surface area contributed by atoms with Gasteiger partial charge >= 0.3 is 17.1 Å². The van der Waals surface area contributed by atoms with Gasteiger partial charge in [-0.3, -0.25) is 0 Å². The normalized spacial score (nSPS) is 9.67. The topological polar surface area (TPSA) is 40.1 Å². The summed E-state index contributed by atoms with van der Waals surface area (Å²) in [5.74, 6) is -0.909. The van der Waals surface area contributed by atoms with E-state index in [1.54, 1.807) is 0 Å². The van der Waals surface area contributed by atoms with Crippen LogP contribution in [0.4, 0.5) is 0 Å². The van der Waals surface area contributed by atoms with Crippen molar-refractivity contribution in [3.05, 3.63) is 0 Å². The largest absolute Gasteiger partial charge is 3.00 e. The third-order valence-electron chi connectivity index (χ3n) is 2.48. The minimum atomic E-state index is -0.909. The van der Waals surface area contributed by atoms with Crippen molar-refractivity contribution < 1.29 is 27.0 Å². The maximum atomic E-state index is 10.1. The molecule has 89 valence electrons. The van der Waals surface area contributed by atoms with E-state index in [-0.39, 0.29) is 23.5 Å². The number of unbranched alkanes of at least 4 members (excludes halogenated alkanes) is 8. The number of hydrogen-bond acceptors (Lipinski definition) is 2. The van der Waals surface area contributed by atoms with Crippen LogP contribution in [0.15, 0.2) is 0 Å². The summed E-state index contributed by atoms with van der Waals surface area (Å²) >= 11 is 0. The number of carboxylic acid groups (broad SMARTS) is 1. The van der Waals surface area contributed by atoms with Gasteiger partial charge in [0.05, 0.1) is 0 Å². The van der Waals surface area contributed by atoms with Crippen LogP contribution in [0.3, 0.4) is 0 Å². The standard InChI is InChI=1S/C12H24O2.Fe/c1-2-3-4-5-6-7-8-9-10-11-12(13)14;/h2-11H2,1H3,(H,13,14);/q;+3/p-1. The Bertz CT molecular complexity index is 138. The molecule has 0 aromatic carbocycles. The van der Waals surface area contributed by atoms with Gasteiger partial charge in [0.15, 0.2) is 0 Å². The van der Waals surface area contributed by atoms with E-state index >= 15 is 0 Å². The van der Waals surface area contributed by atoms with Crippen molar-refractivity contribution in [1.29, 1.82) is 0 Å². The van der Waals surface area contributed by atoms with E-state index in [0.717, 1.165) is 12.8 Å². The number of carbonyl (C=O) groups is 1. The monoisotopic (exact) mass is 255 g/mol. The maximum absolute atomic E-state index is 10.1. The summed E-state index contributed by atoms with van der Waals surface area (Å²) in [4.78, 5) is 10.1. The molecule has 0 aromatic rings. The predicted octanol–water partition coefficient (Wildman–Crippen LogP) is 2.65. The van der Waals surface area contributed by atoms with Gasteiger partial charge in [-0.05, 0) is 12.8 Å². The predicted molar refractivity (Wildman–Crippen MR) is 56.9 cm³/mol. The van der Waals surface area contributed by atoms with Crippen LogP contribution in [-0.2, 0) is 21.9 Å². The molecule has 2 nitrogen and oxygen atoms in total.